The zero-order valence-corrected chi connectivity index (χ0v) is 22.2. The first-order valence-corrected chi connectivity index (χ1v) is 13.4. The fraction of sp³-hybridized carbons (Fsp3) is 0.556. The van der Waals surface area contributed by atoms with Crippen LogP contribution in [0.2, 0.25) is 10.0 Å². The van der Waals surface area contributed by atoms with Gasteiger partial charge in [-0.1, -0.05) is 44.0 Å². The van der Waals surface area contributed by atoms with E-state index in [1.54, 1.807) is 30.0 Å². The Kier molecular flexibility index (Phi) is 6.44. The van der Waals surface area contributed by atoms with Crippen molar-refractivity contribution in [1.29, 1.82) is 0 Å². The molecular weight excluding hydrogens is 501 g/mol. The van der Waals surface area contributed by atoms with E-state index in [9.17, 15) is 19.2 Å². The van der Waals surface area contributed by atoms with Crippen LogP contribution in [0.5, 0.6) is 0 Å². The number of nitrogens with one attached hydrogen (secondary N) is 2. The van der Waals surface area contributed by atoms with Gasteiger partial charge < -0.3 is 15.2 Å². The molecule has 0 spiro atoms. The second-order valence-electron chi connectivity index (χ2n) is 11.1. The largest absolute Gasteiger partial charge is 0.350 e. The molecule has 5 rings (SSSR count). The summed E-state index contributed by atoms with van der Waals surface area (Å²) in [6.45, 7) is 6.45. The molecule has 7 nitrogen and oxygen atoms in total. The number of rotatable bonds is 7. The first kappa shape index (κ1) is 25.3. The molecule has 2 aliphatic carbocycles. The van der Waals surface area contributed by atoms with E-state index in [0.717, 1.165) is 12.8 Å². The molecule has 192 valence electrons. The van der Waals surface area contributed by atoms with Crippen molar-refractivity contribution in [3.8, 4) is 0 Å². The van der Waals surface area contributed by atoms with Gasteiger partial charge in [-0.25, -0.2) is 0 Å². The third kappa shape index (κ3) is 4.24. The predicted octanol–water partition coefficient (Wildman–Crippen LogP) is 4.79. The lowest BCUT2D eigenvalue weighted by atomic mass is 9.93. The average molecular weight is 532 g/mol. The van der Waals surface area contributed by atoms with Crippen LogP contribution in [0.15, 0.2) is 18.2 Å². The second-order valence-corrected chi connectivity index (χ2v) is 11.9. The summed E-state index contributed by atoms with van der Waals surface area (Å²) >= 11 is 12.4. The van der Waals surface area contributed by atoms with Crippen molar-refractivity contribution in [2.24, 2.45) is 23.2 Å². The number of amides is 2. The third-order valence-corrected chi connectivity index (χ3v) is 9.16. The van der Waals surface area contributed by atoms with Crippen molar-refractivity contribution >= 4 is 57.5 Å². The van der Waals surface area contributed by atoms with E-state index in [2.05, 4.69) is 24.1 Å². The number of likely N-dealkylation sites (tertiary alicyclic amines) is 1. The Labute approximate surface area is 220 Å². The summed E-state index contributed by atoms with van der Waals surface area (Å²) in [7, 11) is 0. The molecule has 36 heavy (non-hydrogen) atoms. The summed E-state index contributed by atoms with van der Waals surface area (Å²) in [5.74, 6) is -0.517. The van der Waals surface area contributed by atoms with Gasteiger partial charge in [0.2, 0.25) is 5.91 Å². The summed E-state index contributed by atoms with van der Waals surface area (Å²) in [6.07, 6.45) is 2.72. The summed E-state index contributed by atoms with van der Waals surface area (Å²) in [5.41, 5.74) is 0.919. The smallest absolute Gasteiger partial charge is 0.271 e. The number of benzene rings is 1. The number of piperidine rings is 1. The molecule has 2 heterocycles. The number of carbonyl (C=O) groups is 4. The fourth-order valence-corrected chi connectivity index (χ4v) is 6.97. The standard InChI is InChI=1S/C27H31Cl2N3O4/c1-4-21(33)19(8-13-6-5-7-22(13)34)31-25(35)24-23-16(27(23,2)3)12-32(24)26(36)20-11-15-17(29)9-14(28)10-18(15)30-20/h9-11,13,16,19,23-24,30H,4-8,12H2,1-3H3,(H,31,35)/t13-,16-,19-,23-,24-/m0/s1. The van der Waals surface area contributed by atoms with E-state index < -0.39 is 12.1 Å². The summed E-state index contributed by atoms with van der Waals surface area (Å²) in [5, 5.41) is 4.53. The number of H-pyrrole nitrogens is 1. The topological polar surface area (TPSA) is 99.3 Å². The molecule has 3 aliphatic rings. The number of hydrogen-bond donors (Lipinski definition) is 2. The molecule has 0 radical (unpaired) electrons. The normalized spacial score (nSPS) is 27.2. The van der Waals surface area contributed by atoms with Crippen LogP contribution < -0.4 is 5.32 Å². The Balaban J connectivity index is 1.40. The third-order valence-electron chi connectivity index (χ3n) is 8.63. The minimum atomic E-state index is -0.721. The minimum absolute atomic E-state index is 0.00866. The lowest BCUT2D eigenvalue weighted by Gasteiger charge is -2.31. The Morgan fingerprint density at radius 3 is 2.64 bits per heavy atom. The van der Waals surface area contributed by atoms with E-state index in [4.69, 9.17) is 23.2 Å². The molecule has 5 atom stereocenters. The van der Waals surface area contributed by atoms with Crippen LogP contribution in [0.4, 0.5) is 0 Å². The summed E-state index contributed by atoms with van der Waals surface area (Å²) in [6, 6.07) is 3.61. The van der Waals surface area contributed by atoms with E-state index in [1.165, 1.54) is 0 Å². The number of aromatic amines is 1. The molecule has 0 unspecified atom stereocenters. The predicted molar refractivity (Wildman–Crippen MR) is 138 cm³/mol. The van der Waals surface area contributed by atoms with E-state index >= 15 is 0 Å². The van der Waals surface area contributed by atoms with Crippen molar-refractivity contribution in [3.63, 3.8) is 0 Å². The number of fused-ring (bicyclic) bond motifs is 2. The first-order chi connectivity index (χ1) is 17.0. The first-order valence-electron chi connectivity index (χ1n) is 12.7. The monoisotopic (exact) mass is 531 g/mol. The van der Waals surface area contributed by atoms with Gasteiger partial charge in [-0.3, -0.25) is 19.2 Å². The maximum Gasteiger partial charge on any atom is 0.271 e. The Morgan fingerprint density at radius 2 is 1.97 bits per heavy atom. The van der Waals surface area contributed by atoms with Gasteiger partial charge in [0, 0.05) is 41.2 Å². The van der Waals surface area contributed by atoms with Crippen molar-refractivity contribution in [2.45, 2.75) is 65.0 Å². The quantitative estimate of drug-likeness (QED) is 0.536. The Hall–Kier alpha value is -2.38. The number of nitrogens with zero attached hydrogens (tertiary/aromatic N) is 1. The van der Waals surface area contributed by atoms with Crippen LogP contribution in [-0.4, -0.2) is 51.9 Å². The van der Waals surface area contributed by atoms with Gasteiger partial charge in [-0.05, 0) is 54.7 Å². The molecule has 0 bridgehead atoms. The van der Waals surface area contributed by atoms with Crippen molar-refractivity contribution in [3.05, 3.63) is 33.9 Å². The zero-order valence-electron chi connectivity index (χ0n) is 20.7. The number of aromatic nitrogens is 1. The number of carbonyl (C=O) groups excluding carboxylic acids is 4. The van der Waals surface area contributed by atoms with Gasteiger partial charge >= 0.3 is 0 Å². The Bertz CT molecular complexity index is 1270. The van der Waals surface area contributed by atoms with E-state index in [1.807, 2.05) is 0 Å². The maximum absolute atomic E-state index is 13.7. The molecule has 2 aromatic rings. The van der Waals surface area contributed by atoms with Crippen LogP contribution in [0.1, 0.15) is 63.4 Å². The van der Waals surface area contributed by atoms with Gasteiger partial charge in [0.25, 0.3) is 5.91 Å². The molecule has 3 fully saturated rings. The molecule has 1 saturated heterocycles. The highest BCUT2D eigenvalue weighted by Crippen LogP contribution is 2.65. The highest BCUT2D eigenvalue weighted by molar-refractivity contribution is 6.38. The van der Waals surface area contributed by atoms with Gasteiger partial charge in [-0.15, -0.1) is 0 Å². The summed E-state index contributed by atoms with van der Waals surface area (Å²) in [4.78, 5) is 57.0. The number of hydrogen-bond acceptors (Lipinski definition) is 4. The molecule has 1 aromatic carbocycles. The van der Waals surface area contributed by atoms with Crippen LogP contribution >= 0.6 is 23.2 Å². The van der Waals surface area contributed by atoms with E-state index in [0.29, 0.717) is 46.0 Å². The van der Waals surface area contributed by atoms with Crippen LogP contribution in [0, 0.1) is 23.2 Å². The maximum atomic E-state index is 13.7. The zero-order chi connectivity index (χ0) is 25.9. The number of Topliss-reactive ketones (excluding diaryl/α,β-unsaturated/α-hetero) is 2. The lowest BCUT2D eigenvalue weighted by Crippen LogP contribution is -2.54. The van der Waals surface area contributed by atoms with E-state index in [-0.39, 0.29) is 53.0 Å². The second kappa shape index (κ2) is 9.18. The molecule has 2 saturated carbocycles. The van der Waals surface area contributed by atoms with Gasteiger partial charge in [0.15, 0.2) is 5.78 Å². The van der Waals surface area contributed by atoms with Gasteiger partial charge in [0.05, 0.1) is 11.1 Å². The van der Waals surface area contributed by atoms with Gasteiger partial charge in [0.1, 0.15) is 17.5 Å². The average Bonchev–Trinajstić information content (AvgIpc) is 3.33. The van der Waals surface area contributed by atoms with Crippen LogP contribution in [-0.2, 0) is 14.4 Å². The minimum Gasteiger partial charge on any atom is -0.350 e. The molecule has 1 aliphatic heterocycles. The van der Waals surface area contributed by atoms with Gasteiger partial charge in [-0.2, -0.15) is 0 Å². The van der Waals surface area contributed by atoms with Crippen molar-refractivity contribution in [2.75, 3.05) is 6.54 Å². The Morgan fingerprint density at radius 1 is 1.22 bits per heavy atom. The van der Waals surface area contributed by atoms with Crippen molar-refractivity contribution < 1.29 is 19.2 Å². The van der Waals surface area contributed by atoms with Crippen molar-refractivity contribution in [1.82, 2.24) is 15.2 Å². The molecular formula is C27H31Cl2N3O4. The molecule has 1 aromatic heterocycles. The number of ketones is 2. The highest BCUT2D eigenvalue weighted by Gasteiger charge is 2.69. The lowest BCUT2D eigenvalue weighted by molar-refractivity contribution is -0.131. The SMILES string of the molecule is CCC(=O)[C@H](C[C@@H]1CCCC1=O)NC(=O)[C@@H]1[C@@H]2[C@H](CN1C(=O)c1cc3c(Cl)cc(Cl)cc3[nH]1)C2(C)C. The molecule has 2 N–H and O–H groups in total. The summed E-state index contributed by atoms with van der Waals surface area (Å²) < 4.78 is 0. The fourth-order valence-electron chi connectivity index (χ4n) is 6.42. The number of halogens is 2. The molecule has 9 heteroatoms. The molecule has 2 amide bonds. The van der Waals surface area contributed by atoms with Crippen LogP contribution in [0.3, 0.4) is 0 Å². The van der Waals surface area contributed by atoms with Crippen LogP contribution in [0.25, 0.3) is 10.9 Å². The highest BCUT2D eigenvalue weighted by atomic mass is 35.5.